The van der Waals surface area contributed by atoms with E-state index in [1.165, 1.54) is 17.6 Å². The minimum atomic E-state index is -3.74. The van der Waals surface area contributed by atoms with Crippen LogP contribution in [0.5, 0.6) is 0 Å². The zero-order chi connectivity index (χ0) is 28.3. The average Bonchev–Trinajstić information content (AvgIpc) is 2.84. The highest BCUT2D eigenvalue weighted by Gasteiger charge is 2.40. The molecule has 0 aromatic carbocycles. The third-order valence-electron chi connectivity index (χ3n) is 8.08. The smallest absolute Gasteiger partial charge is 0.322 e. The van der Waals surface area contributed by atoms with Crippen LogP contribution in [0, 0.1) is 17.8 Å². The van der Waals surface area contributed by atoms with E-state index in [9.17, 15) is 27.9 Å². The summed E-state index contributed by atoms with van der Waals surface area (Å²) in [6.45, 7) is 7.88. The number of sulfonamides is 1. The molecule has 0 aromatic rings. The maximum absolute atomic E-state index is 13.5. The molecule has 2 saturated carbocycles. The molecule has 2 rings (SSSR count). The van der Waals surface area contributed by atoms with E-state index < -0.39 is 33.3 Å². The standard InChI is InChI=1S/C28H51N3O6S/c1-20(2)19-31(38(36,37)24-15-13-21(3)14-16-24)26(28(34)35)12-8-9-17-29-27(33)25(30-22(4)32)18-23-10-6-5-7-11-23/h20-21,23-26H,5-19H2,1-4H3,(H,29,33)(H,30,32)(H,34,35)/t21?,24?,25-,26-/m0/s1. The Kier molecular flexibility index (Phi) is 13.5. The van der Waals surface area contributed by atoms with Gasteiger partial charge in [-0.15, -0.1) is 0 Å². The first-order valence-electron chi connectivity index (χ1n) is 14.7. The van der Waals surface area contributed by atoms with Crippen LogP contribution in [0.4, 0.5) is 0 Å². The van der Waals surface area contributed by atoms with Gasteiger partial charge >= 0.3 is 5.97 Å². The molecule has 0 spiro atoms. The summed E-state index contributed by atoms with van der Waals surface area (Å²) >= 11 is 0. The van der Waals surface area contributed by atoms with E-state index in [-0.39, 0.29) is 30.7 Å². The number of amides is 2. The van der Waals surface area contributed by atoms with Gasteiger partial charge in [0.25, 0.3) is 0 Å². The summed E-state index contributed by atoms with van der Waals surface area (Å²) < 4.78 is 28.3. The number of nitrogens with one attached hydrogen (secondary N) is 2. The molecule has 0 aliphatic heterocycles. The van der Waals surface area contributed by atoms with Gasteiger partial charge in [-0.25, -0.2) is 8.42 Å². The number of carboxylic acids is 1. The normalized spacial score (nSPS) is 22.7. The summed E-state index contributed by atoms with van der Waals surface area (Å²) in [6, 6.07) is -1.68. The molecule has 9 nitrogen and oxygen atoms in total. The predicted molar refractivity (Wildman–Crippen MR) is 149 cm³/mol. The molecular formula is C28H51N3O6S. The van der Waals surface area contributed by atoms with Crippen molar-refractivity contribution in [2.45, 2.75) is 128 Å². The van der Waals surface area contributed by atoms with Crippen molar-refractivity contribution in [2.75, 3.05) is 13.1 Å². The van der Waals surface area contributed by atoms with Crippen LogP contribution >= 0.6 is 0 Å². The van der Waals surface area contributed by atoms with Crippen molar-refractivity contribution in [3.05, 3.63) is 0 Å². The van der Waals surface area contributed by atoms with Gasteiger partial charge in [0.2, 0.25) is 21.8 Å². The molecule has 10 heteroatoms. The molecule has 0 heterocycles. The molecule has 3 N–H and O–H groups in total. The first kappa shape index (κ1) is 32.5. The summed E-state index contributed by atoms with van der Waals surface area (Å²) in [7, 11) is -3.74. The van der Waals surface area contributed by atoms with E-state index in [0.29, 0.717) is 50.5 Å². The van der Waals surface area contributed by atoms with Gasteiger partial charge in [0.15, 0.2) is 0 Å². The first-order chi connectivity index (χ1) is 17.9. The fourth-order valence-electron chi connectivity index (χ4n) is 5.91. The minimum Gasteiger partial charge on any atom is -0.480 e. The Labute approximate surface area is 229 Å². The molecule has 0 saturated heterocycles. The van der Waals surface area contributed by atoms with Gasteiger partial charge in [-0.2, -0.15) is 4.31 Å². The number of hydrogen-bond acceptors (Lipinski definition) is 5. The summed E-state index contributed by atoms with van der Waals surface area (Å²) in [6.07, 6.45) is 10.4. The molecular weight excluding hydrogens is 506 g/mol. The number of carbonyl (C=O) groups is 3. The van der Waals surface area contributed by atoms with Gasteiger partial charge in [-0.1, -0.05) is 52.9 Å². The molecule has 0 unspecified atom stereocenters. The van der Waals surface area contributed by atoms with Crippen molar-refractivity contribution in [3.63, 3.8) is 0 Å². The highest BCUT2D eigenvalue weighted by atomic mass is 32.2. The Bertz CT molecular complexity index is 864. The lowest BCUT2D eigenvalue weighted by molar-refractivity contribution is -0.142. The maximum Gasteiger partial charge on any atom is 0.322 e. The van der Waals surface area contributed by atoms with Crippen LogP contribution in [-0.4, -0.2) is 66.0 Å². The lowest BCUT2D eigenvalue weighted by Crippen LogP contribution is -2.50. The molecule has 2 aliphatic rings. The Morgan fingerprint density at radius 1 is 0.974 bits per heavy atom. The number of nitrogens with zero attached hydrogens (tertiary/aromatic N) is 1. The van der Waals surface area contributed by atoms with Crippen LogP contribution < -0.4 is 10.6 Å². The molecule has 220 valence electrons. The van der Waals surface area contributed by atoms with Crippen molar-refractivity contribution in [2.24, 2.45) is 17.8 Å². The third-order valence-corrected chi connectivity index (χ3v) is 10.5. The average molecular weight is 558 g/mol. The van der Waals surface area contributed by atoms with Crippen LogP contribution in [0.15, 0.2) is 0 Å². The number of rotatable bonds is 15. The van der Waals surface area contributed by atoms with E-state index in [1.54, 1.807) is 0 Å². The van der Waals surface area contributed by atoms with Crippen molar-refractivity contribution in [3.8, 4) is 0 Å². The SMILES string of the molecule is CC(=O)N[C@@H](CC1CCCCC1)C(=O)NCCCC[C@@H](C(=O)O)N(CC(C)C)S(=O)(=O)C1CCC(C)CC1. The van der Waals surface area contributed by atoms with Crippen LogP contribution in [0.2, 0.25) is 0 Å². The number of carboxylic acid groups (broad SMARTS) is 1. The fraction of sp³-hybridized carbons (Fsp3) is 0.893. The molecule has 2 amide bonds. The van der Waals surface area contributed by atoms with Gasteiger partial charge in [-0.3, -0.25) is 14.4 Å². The Morgan fingerprint density at radius 2 is 1.61 bits per heavy atom. The van der Waals surface area contributed by atoms with Gasteiger partial charge < -0.3 is 15.7 Å². The second kappa shape index (κ2) is 15.8. The lowest BCUT2D eigenvalue weighted by Gasteiger charge is -2.35. The predicted octanol–water partition coefficient (Wildman–Crippen LogP) is 4.07. The van der Waals surface area contributed by atoms with E-state index in [0.717, 1.165) is 38.5 Å². The van der Waals surface area contributed by atoms with Crippen molar-refractivity contribution in [1.29, 1.82) is 0 Å². The molecule has 0 bridgehead atoms. The first-order valence-corrected chi connectivity index (χ1v) is 16.2. The van der Waals surface area contributed by atoms with Crippen LogP contribution in [0.1, 0.15) is 111 Å². The largest absolute Gasteiger partial charge is 0.480 e. The number of hydrogen-bond donors (Lipinski definition) is 3. The van der Waals surface area contributed by atoms with Crippen LogP contribution in [-0.2, 0) is 24.4 Å². The number of aliphatic carboxylic acids is 1. The van der Waals surface area contributed by atoms with E-state index in [1.807, 2.05) is 13.8 Å². The van der Waals surface area contributed by atoms with Crippen molar-refractivity contribution < 1.29 is 27.9 Å². The summed E-state index contributed by atoms with van der Waals surface area (Å²) in [5.74, 6) is -0.633. The summed E-state index contributed by atoms with van der Waals surface area (Å²) in [4.78, 5) is 36.7. The van der Waals surface area contributed by atoms with E-state index >= 15 is 0 Å². The third kappa shape index (κ3) is 10.5. The number of unbranched alkanes of at least 4 members (excludes halogenated alkanes) is 1. The Balaban J connectivity index is 1.93. The van der Waals surface area contributed by atoms with Crippen LogP contribution in [0.25, 0.3) is 0 Å². The second-order valence-electron chi connectivity index (χ2n) is 12.0. The Hall–Kier alpha value is -1.68. The number of carbonyl (C=O) groups excluding carboxylic acids is 2. The van der Waals surface area contributed by atoms with Crippen LogP contribution in [0.3, 0.4) is 0 Å². The summed E-state index contributed by atoms with van der Waals surface area (Å²) in [5.41, 5.74) is 0. The summed E-state index contributed by atoms with van der Waals surface area (Å²) in [5, 5.41) is 15.2. The topological polar surface area (TPSA) is 133 Å². The fourth-order valence-corrected chi connectivity index (χ4v) is 8.22. The quantitative estimate of drug-likeness (QED) is 0.260. The maximum atomic E-state index is 13.5. The highest BCUT2D eigenvalue weighted by molar-refractivity contribution is 7.89. The van der Waals surface area contributed by atoms with Gasteiger partial charge in [0.05, 0.1) is 5.25 Å². The Morgan fingerprint density at radius 3 is 2.16 bits per heavy atom. The van der Waals surface area contributed by atoms with Gasteiger partial charge in [-0.05, 0) is 69.1 Å². The zero-order valence-corrected chi connectivity index (χ0v) is 24.7. The molecule has 38 heavy (non-hydrogen) atoms. The van der Waals surface area contributed by atoms with E-state index in [4.69, 9.17) is 0 Å². The molecule has 2 aliphatic carbocycles. The molecule has 2 fully saturated rings. The second-order valence-corrected chi connectivity index (χ2v) is 14.2. The zero-order valence-electron chi connectivity index (χ0n) is 23.9. The minimum absolute atomic E-state index is 0.00306. The lowest BCUT2D eigenvalue weighted by atomic mass is 9.84. The monoisotopic (exact) mass is 557 g/mol. The van der Waals surface area contributed by atoms with Crippen molar-refractivity contribution in [1.82, 2.24) is 14.9 Å². The molecule has 2 atom stereocenters. The van der Waals surface area contributed by atoms with Gasteiger partial charge in [0, 0.05) is 20.0 Å². The highest BCUT2D eigenvalue weighted by Crippen LogP contribution is 2.32. The van der Waals surface area contributed by atoms with Crippen molar-refractivity contribution >= 4 is 27.8 Å². The van der Waals surface area contributed by atoms with E-state index in [2.05, 4.69) is 17.6 Å². The molecule has 0 aromatic heterocycles. The van der Waals surface area contributed by atoms with Gasteiger partial charge in [0.1, 0.15) is 12.1 Å². The molecule has 0 radical (unpaired) electrons.